The molecule has 0 spiro atoms. The standard InChI is InChI=1S/C9H13NO4/c1-3-2-9(10,8(13)14)6-4(3)5(6)7(11)12/h3-6H,2,10H2,1H3,(H,11,12)(H,13,14). The zero-order valence-corrected chi connectivity index (χ0v) is 7.80. The molecule has 2 aliphatic rings. The molecule has 78 valence electrons. The summed E-state index contributed by atoms with van der Waals surface area (Å²) in [6, 6.07) is 0. The maximum absolute atomic E-state index is 11.0. The van der Waals surface area contributed by atoms with Crippen molar-refractivity contribution in [3.63, 3.8) is 0 Å². The van der Waals surface area contributed by atoms with Crippen molar-refractivity contribution in [3.8, 4) is 0 Å². The molecule has 0 amide bonds. The van der Waals surface area contributed by atoms with E-state index in [2.05, 4.69) is 0 Å². The predicted octanol–water partition coefficient (Wildman–Crippen LogP) is -0.245. The van der Waals surface area contributed by atoms with Gasteiger partial charge in [0.1, 0.15) is 5.54 Å². The molecule has 0 saturated heterocycles. The van der Waals surface area contributed by atoms with E-state index >= 15 is 0 Å². The second kappa shape index (κ2) is 2.48. The van der Waals surface area contributed by atoms with Crippen LogP contribution in [0.2, 0.25) is 0 Å². The van der Waals surface area contributed by atoms with Gasteiger partial charge in [-0.1, -0.05) is 6.92 Å². The highest BCUT2D eigenvalue weighted by Crippen LogP contribution is 2.64. The van der Waals surface area contributed by atoms with E-state index in [1.54, 1.807) is 0 Å². The lowest BCUT2D eigenvalue weighted by atomic mass is 9.88. The number of carboxylic acid groups (broad SMARTS) is 2. The van der Waals surface area contributed by atoms with Crippen LogP contribution in [-0.4, -0.2) is 27.7 Å². The molecule has 5 nitrogen and oxygen atoms in total. The maximum Gasteiger partial charge on any atom is 0.324 e. The van der Waals surface area contributed by atoms with Crippen LogP contribution in [0.15, 0.2) is 0 Å². The summed E-state index contributed by atoms with van der Waals surface area (Å²) < 4.78 is 0. The molecule has 2 rings (SSSR count). The Labute approximate surface area is 80.9 Å². The van der Waals surface area contributed by atoms with Crippen LogP contribution in [0, 0.1) is 23.7 Å². The Bertz CT molecular complexity index is 316. The van der Waals surface area contributed by atoms with E-state index in [0.717, 1.165) is 0 Å². The maximum atomic E-state index is 11.0. The topological polar surface area (TPSA) is 101 Å². The molecule has 14 heavy (non-hydrogen) atoms. The van der Waals surface area contributed by atoms with E-state index in [9.17, 15) is 9.59 Å². The molecule has 0 radical (unpaired) electrons. The lowest BCUT2D eigenvalue weighted by molar-refractivity contribution is -0.145. The number of carbonyl (C=O) groups is 2. The minimum absolute atomic E-state index is 0.0337. The lowest BCUT2D eigenvalue weighted by Gasteiger charge is -2.22. The van der Waals surface area contributed by atoms with Gasteiger partial charge in [-0.3, -0.25) is 9.59 Å². The molecule has 2 aliphatic carbocycles. The van der Waals surface area contributed by atoms with Crippen molar-refractivity contribution >= 4 is 11.9 Å². The molecule has 0 aromatic carbocycles. The molecule has 0 heterocycles. The first kappa shape index (κ1) is 9.45. The Kier molecular flexibility index (Phi) is 1.67. The number of rotatable bonds is 2. The van der Waals surface area contributed by atoms with Crippen molar-refractivity contribution in [1.29, 1.82) is 0 Å². The second-order valence-corrected chi connectivity index (χ2v) is 4.49. The van der Waals surface area contributed by atoms with E-state index in [1.807, 2.05) is 6.92 Å². The van der Waals surface area contributed by atoms with Gasteiger partial charge in [0.15, 0.2) is 0 Å². The average molecular weight is 199 g/mol. The van der Waals surface area contributed by atoms with Gasteiger partial charge in [-0.2, -0.15) is 0 Å². The van der Waals surface area contributed by atoms with Gasteiger partial charge < -0.3 is 15.9 Å². The molecule has 0 aliphatic heterocycles. The Morgan fingerprint density at radius 3 is 2.36 bits per heavy atom. The van der Waals surface area contributed by atoms with Gasteiger partial charge in [-0.15, -0.1) is 0 Å². The molecule has 5 heteroatoms. The van der Waals surface area contributed by atoms with E-state index in [0.29, 0.717) is 6.42 Å². The molecule has 2 saturated carbocycles. The highest BCUT2D eigenvalue weighted by Gasteiger charge is 2.72. The summed E-state index contributed by atoms with van der Waals surface area (Å²) in [6.45, 7) is 1.87. The van der Waals surface area contributed by atoms with Gasteiger partial charge in [0.2, 0.25) is 0 Å². The third-order valence-corrected chi connectivity index (χ3v) is 3.67. The number of fused-ring (bicyclic) bond motifs is 1. The number of carboxylic acids is 2. The number of hydrogen-bond acceptors (Lipinski definition) is 3. The van der Waals surface area contributed by atoms with Crippen LogP contribution in [0.1, 0.15) is 13.3 Å². The summed E-state index contributed by atoms with van der Waals surface area (Å²) in [7, 11) is 0. The van der Waals surface area contributed by atoms with Crippen LogP contribution < -0.4 is 5.73 Å². The first-order valence-corrected chi connectivity index (χ1v) is 4.64. The summed E-state index contributed by atoms with van der Waals surface area (Å²) in [5.74, 6) is -2.83. The van der Waals surface area contributed by atoms with Crippen LogP contribution in [0.5, 0.6) is 0 Å². The molecule has 2 fully saturated rings. The molecule has 0 aromatic rings. The van der Waals surface area contributed by atoms with Gasteiger partial charge in [0.25, 0.3) is 0 Å². The average Bonchev–Trinajstić information content (AvgIpc) is 2.72. The van der Waals surface area contributed by atoms with Gasteiger partial charge in [-0.25, -0.2) is 0 Å². The van der Waals surface area contributed by atoms with Crippen LogP contribution in [0.3, 0.4) is 0 Å². The summed E-state index contributed by atoms with van der Waals surface area (Å²) in [6.07, 6.45) is 0.390. The van der Waals surface area contributed by atoms with Crippen molar-refractivity contribution < 1.29 is 19.8 Å². The number of hydrogen-bond donors (Lipinski definition) is 3. The summed E-state index contributed by atoms with van der Waals surface area (Å²) >= 11 is 0. The molecule has 5 atom stereocenters. The predicted molar refractivity (Wildman–Crippen MR) is 46.4 cm³/mol. The van der Waals surface area contributed by atoms with Crippen molar-refractivity contribution in [2.24, 2.45) is 29.4 Å². The molecular formula is C9H13NO4. The molecule has 4 N–H and O–H groups in total. The van der Waals surface area contributed by atoms with Crippen molar-refractivity contribution in [1.82, 2.24) is 0 Å². The van der Waals surface area contributed by atoms with E-state index in [-0.39, 0.29) is 17.8 Å². The van der Waals surface area contributed by atoms with Crippen molar-refractivity contribution in [2.45, 2.75) is 18.9 Å². The van der Waals surface area contributed by atoms with Crippen LogP contribution in [0.25, 0.3) is 0 Å². The second-order valence-electron chi connectivity index (χ2n) is 4.49. The van der Waals surface area contributed by atoms with Gasteiger partial charge >= 0.3 is 11.9 Å². The Morgan fingerprint density at radius 2 is 2.00 bits per heavy atom. The minimum Gasteiger partial charge on any atom is -0.481 e. The largest absolute Gasteiger partial charge is 0.481 e. The number of aliphatic carboxylic acids is 2. The first-order valence-electron chi connectivity index (χ1n) is 4.64. The minimum atomic E-state index is -1.31. The SMILES string of the molecule is CC1CC(N)(C(=O)O)C2C(C(=O)O)C12. The molecule has 0 aromatic heterocycles. The third kappa shape index (κ3) is 0.930. The Hall–Kier alpha value is -1.10. The molecule has 5 unspecified atom stereocenters. The number of nitrogens with two attached hydrogens (primary N) is 1. The van der Waals surface area contributed by atoms with E-state index < -0.39 is 23.4 Å². The summed E-state index contributed by atoms with van der Waals surface area (Å²) in [5, 5.41) is 17.8. The van der Waals surface area contributed by atoms with Crippen molar-refractivity contribution in [3.05, 3.63) is 0 Å². The fourth-order valence-electron chi connectivity index (χ4n) is 3.06. The Morgan fingerprint density at radius 1 is 1.43 bits per heavy atom. The normalized spacial score (nSPS) is 49.9. The Balaban J connectivity index is 2.26. The summed E-state index contributed by atoms with van der Waals surface area (Å²) in [5.41, 5.74) is 4.43. The van der Waals surface area contributed by atoms with Crippen LogP contribution in [0.4, 0.5) is 0 Å². The summed E-state index contributed by atoms with van der Waals surface area (Å²) in [4.78, 5) is 21.7. The van der Waals surface area contributed by atoms with E-state index in [1.165, 1.54) is 0 Å². The zero-order chi connectivity index (χ0) is 10.7. The van der Waals surface area contributed by atoms with E-state index in [4.69, 9.17) is 15.9 Å². The highest BCUT2D eigenvalue weighted by molar-refractivity contribution is 5.85. The quantitative estimate of drug-likeness (QED) is 0.569. The van der Waals surface area contributed by atoms with Crippen LogP contribution >= 0.6 is 0 Å². The van der Waals surface area contributed by atoms with Gasteiger partial charge in [0.05, 0.1) is 5.92 Å². The smallest absolute Gasteiger partial charge is 0.324 e. The molecular weight excluding hydrogens is 186 g/mol. The highest BCUT2D eigenvalue weighted by atomic mass is 16.4. The monoisotopic (exact) mass is 199 g/mol. The lowest BCUT2D eigenvalue weighted by Crippen LogP contribution is -2.50. The van der Waals surface area contributed by atoms with Gasteiger partial charge in [0, 0.05) is 5.92 Å². The van der Waals surface area contributed by atoms with Crippen molar-refractivity contribution in [2.75, 3.05) is 0 Å². The third-order valence-electron chi connectivity index (χ3n) is 3.67. The fourth-order valence-corrected chi connectivity index (χ4v) is 3.06. The molecule has 0 bridgehead atoms. The fraction of sp³-hybridized carbons (Fsp3) is 0.778. The zero-order valence-electron chi connectivity index (χ0n) is 7.80. The van der Waals surface area contributed by atoms with Crippen LogP contribution in [-0.2, 0) is 9.59 Å². The first-order chi connectivity index (χ1) is 6.39. The van der Waals surface area contributed by atoms with Gasteiger partial charge in [-0.05, 0) is 18.3 Å².